The van der Waals surface area contributed by atoms with Crippen LogP contribution in [0, 0.1) is 0 Å². The number of benzene rings is 1. The summed E-state index contributed by atoms with van der Waals surface area (Å²) in [5, 5.41) is 4.57. The van der Waals surface area contributed by atoms with E-state index in [1.165, 1.54) is 23.5 Å². The van der Waals surface area contributed by atoms with Gasteiger partial charge in [0.25, 0.3) is 0 Å². The van der Waals surface area contributed by atoms with Gasteiger partial charge in [-0.2, -0.15) is 0 Å². The monoisotopic (exact) mass is 247 g/mol. The molecule has 0 saturated carbocycles. The molecule has 1 N–H and O–H groups in total. The Hall–Kier alpha value is -1.43. The molecule has 0 fully saturated rings. The van der Waals surface area contributed by atoms with E-state index in [9.17, 15) is 13.2 Å². The van der Waals surface area contributed by atoms with E-state index in [0.717, 1.165) is 15.1 Å². The average Bonchev–Trinajstić information content (AvgIpc) is 2.57. The van der Waals surface area contributed by atoms with E-state index in [-0.39, 0.29) is 5.75 Å². The van der Waals surface area contributed by atoms with Crippen molar-refractivity contribution in [2.24, 2.45) is 0 Å². The summed E-state index contributed by atoms with van der Waals surface area (Å²) >= 11 is 1.48. The van der Waals surface area contributed by atoms with Crippen LogP contribution in [0.25, 0.3) is 10.1 Å². The van der Waals surface area contributed by atoms with Gasteiger partial charge in [-0.25, -0.2) is 0 Å². The summed E-state index contributed by atoms with van der Waals surface area (Å²) in [4.78, 5) is 0. The maximum atomic E-state index is 12.0. The second-order valence-electron chi connectivity index (χ2n) is 3.11. The third kappa shape index (κ3) is 2.38. The van der Waals surface area contributed by atoms with Crippen LogP contribution in [0.1, 0.15) is 0 Å². The molecule has 1 aromatic heterocycles. The van der Waals surface area contributed by atoms with Crippen LogP contribution in [0.15, 0.2) is 24.3 Å². The molecule has 0 aliphatic heterocycles. The molecule has 0 amide bonds. The molecule has 0 bridgehead atoms. The van der Waals surface area contributed by atoms with Crippen molar-refractivity contribution in [3.8, 4) is 5.75 Å². The standard InChI is InChI=1S/C10H8F3NOS/c1-14-9-5-6-4-7(15-10(11,12)13)2-3-8(6)16-9/h2-5,14H,1H3. The normalized spacial score (nSPS) is 11.8. The summed E-state index contributed by atoms with van der Waals surface area (Å²) in [5.41, 5.74) is 0. The number of ether oxygens (including phenoxy) is 1. The van der Waals surface area contributed by atoms with Gasteiger partial charge in [-0.3, -0.25) is 0 Å². The topological polar surface area (TPSA) is 21.3 Å². The Morgan fingerprint density at radius 3 is 2.62 bits per heavy atom. The summed E-state index contributed by atoms with van der Waals surface area (Å²) in [7, 11) is 1.76. The maximum Gasteiger partial charge on any atom is 0.573 e. The molecule has 2 rings (SSSR count). The number of hydrogen-bond acceptors (Lipinski definition) is 3. The predicted molar refractivity (Wildman–Crippen MR) is 58.1 cm³/mol. The van der Waals surface area contributed by atoms with Crippen LogP contribution >= 0.6 is 11.3 Å². The molecule has 1 heterocycles. The van der Waals surface area contributed by atoms with Gasteiger partial charge in [-0.05, 0) is 29.7 Å². The van der Waals surface area contributed by atoms with Gasteiger partial charge in [-0.1, -0.05) is 0 Å². The first-order chi connectivity index (χ1) is 7.48. The van der Waals surface area contributed by atoms with Gasteiger partial charge in [-0.15, -0.1) is 24.5 Å². The van der Waals surface area contributed by atoms with Gasteiger partial charge in [0.2, 0.25) is 0 Å². The molecule has 86 valence electrons. The highest BCUT2D eigenvalue weighted by Crippen LogP contribution is 2.33. The number of hydrogen-bond donors (Lipinski definition) is 1. The largest absolute Gasteiger partial charge is 0.573 e. The first-order valence-corrected chi connectivity index (χ1v) is 5.27. The molecule has 16 heavy (non-hydrogen) atoms. The van der Waals surface area contributed by atoms with Crippen molar-refractivity contribution in [3.05, 3.63) is 24.3 Å². The summed E-state index contributed by atoms with van der Waals surface area (Å²) < 4.78 is 40.7. The Bertz CT molecular complexity index is 506. The van der Waals surface area contributed by atoms with Crippen molar-refractivity contribution in [1.29, 1.82) is 0 Å². The first-order valence-electron chi connectivity index (χ1n) is 4.45. The van der Waals surface area contributed by atoms with Crippen LogP contribution in [0.2, 0.25) is 0 Å². The number of anilines is 1. The summed E-state index contributed by atoms with van der Waals surface area (Å²) in [6.07, 6.45) is -4.64. The highest BCUT2D eigenvalue weighted by molar-refractivity contribution is 7.22. The SMILES string of the molecule is CNc1cc2cc(OC(F)(F)F)ccc2s1. The van der Waals surface area contributed by atoms with Crippen LogP contribution in [-0.2, 0) is 0 Å². The lowest BCUT2D eigenvalue weighted by Gasteiger charge is -2.08. The van der Waals surface area contributed by atoms with Gasteiger partial charge in [0, 0.05) is 11.7 Å². The van der Waals surface area contributed by atoms with Crippen LogP contribution < -0.4 is 10.1 Å². The molecule has 2 aromatic rings. The van der Waals surface area contributed by atoms with E-state index >= 15 is 0 Å². The van der Waals surface area contributed by atoms with Crippen molar-refractivity contribution in [3.63, 3.8) is 0 Å². The van der Waals surface area contributed by atoms with Gasteiger partial charge >= 0.3 is 6.36 Å². The Morgan fingerprint density at radius 2 is 2.00 bits per heavy atom. The predicted octanol–water partition coefficient (Wildman–Crippen LogP) is 3.84. The van der Waals surface area contributed by atoms with Crippen molar-refractivity contribution >= 4 is 26.4 Å². The highest BCUT2D eigenvalue weighted by atomic mass is 32.1. The number of halogens is 3. The van der Waals surface area contributed by atoms with Gasteiger partial charge < -0.3 is 10.1 Å². The minimum absolute atomic E-state index is 0.194. The van der Waals surface area contributed by atoms with Crippen molar-refractivity contribution in [2.45, 2.75) is 6.36 Å². The molecule has 0 spiro atoms. The molecule has 0 radical (unpaired) electrons. The summed E-state index contributed by atoms with van der Waals surface area (Å²) in [5.74, 6) is -0.194. The van der Waals surface area contributed by atoms with E-state index in [2.05, 4.69) is 10.1 Å². The maximum absolute atomic E-state index is 12.0. The number of fused-ring (bicyclic) bond motifs is 1. The van der Waals surface area contributed by atoms with Crippen LogP contribution in [-0.4, -0.2) is 13.4 Å². The van der Waals surface area contributed by atoms with Gasteiger partial charge in [0.05, 0.1) is 5.00 Å². The Kier molecular flexibility index (Phi) is 2.67. The smallest absolute Gasteiger partial charge is 0.406 e. The lowest BCUT2D eigenvalue weighted by molar-refractivity contribution is -0.274. The van der Waals surface area contributed by atoms with Crippen LogP contribution in [0.4, 0.5) is 18.2 Å². The van der Waals surface area contributed by atoms with E-state index in [0.29, 0.717) is 0 Å². The molecule has 0 unspecified atom stereocenters. The Labute approximate surface area is 93.6 Å². The van der Waals surface area contributed by atoms with Crippen molar-refractivity contribution in [1.82, 2.24) is 0 Å². The van der Waals surface area contributed by atoms with Crippen molar-refractivity contribution < 1.29 is 17.9 Å². The van der Waals surface area contributed by atoms with Crippen LogP contribution in [0.3, 0.4) is 0 Å². The number of thiophene rings is 1. The molecule has 2 nitrogen and oxygen atoms in total. The summed E-state index contributed by atoms with van der Waals surface area (Å²) in [6.45, 7) is 0. The molecule has 1 aromatic carbocycles. The van der Waals surface area contributed by atoms with E-state index in [1.54, 1.807) is 19.2 Å². The average molecular weight is 247 g/mol. The fourth-order valence-electron chi connectivity index (χ4n) is 1.34. The minimum atomic E-state index is -4.64. The molecule has 6 heteroatoms. The second-order valence-corrected chi connectivity index (χ2v) is 4.19. The highest BCUT2D eigenvalue weighted by Gasteiger charge is 2.31. The Morgan fingerprint density at radius 1 is 1.25 bits per heavy atom. The number of alkyl halides is 3. The lowest BCUT2D eigenvalue weighted by Crippen LogP contribution is -2.16. The number of rotatable bonds is 2. The van der Waals surface area contributed by atoms with Gasteiger partial charge in [0.1, 0.15) is 5.75 Å². The first kappa shape index (κ1) is 11.1. The summed E-state index contributed by atoms with van der Waals surface area (Å²) in [6, 6.07) is 6.08. The zero-order chi connectivity index (χ0) is 11.8. The zero-order valence-corrected chi connectivity index (χ0v) is 9.08. The molecule has 0 saturated heterocycles. The lowest BCUT2D eigenvalue weighted by atomic mass is 10.2. The fourth-order valence-corrected chi connectivity index (χ4v) is 2.24. The van der Waals surface area contributed by atoms with Crippen molar-refractivity contribution in [2.75, 3.05) is 12.4 Å². The molecular weight excluding hydrogens is 239 g/mol. The Balaban J connectivity index is 2.36. The van der Waals surface area contributed by atoms with E-state index < -0.39 is 6.36 Å². The molecule has 0 aliphatic rings. The molecule has 0 aliphatic carbocycles. The minimum Gasteiger partial charge on any atom is -0.406 e. The zero-order valence-electron chi connectivity index (χ0n) is 8.26. The molecule has 0 atom stereocenters. The van der Waals surface area contributed by atoms with E-state index in [1.807, 2.05) is 0 Å². The quantitative estimate of drug-likeness (QED) is 0.870. The second kappa shape index (κ2) is 3.86. The third-order valence-electron chi connectivity index (χ3n) is 1.97. The van der Waals surface area contributed by atoms with E-state index in [4.69, 9.17) is 0 Å². The van der Waals surface area contributed by atoms with Crippen LogP contribution in [0.5, 0.6) is 5.75 Å². The molecular formula is C10H8F3NOS. The van der Waals surface area contributed by atoms with Gasteiger partial charge in [0.15, 0.2) is 0 Å². The fraction of sp³-hybridized carbons (Fsp3) is 0.200. The number of nitrogens with one attached hydrogen (secondary N) is 1. The third-order valence-corrected chi connectivity index (χ3v) is 3.10.